The molecule has 0 aliphatic heterocycles. The molecule has 0 heterocycles. The summed E-state index contributed by atoms with van der Waals surface area (Å²) in [5.41, 5.74) is 5.61. The third-order valence-corrected chi connectivity index (χ3v) is 3.47. The molecule has 1 aromatic carbocycles. The van der Waals surface area contributed by atoms with E-state index in [9.17, 15) is 0 Å². The Morgan fingerprint density at radius 2 is 1.60 bits per heavy atom. The van der Waals surface area contributed by atoms with Crippen LogP contribution in [0.3, 0.4) is 0 Å². The van der Waals surface area contributed by atoms with Gasteiger partial charge in [-0.2, -0.15) is 0 Å². The highest BCUT2D eigenvalue weighted by molar-refractivity contribution is 5.46. The topological polar surface area (TPSA) is 3.24 Å². The van der Waals surface area contributed by atoms with E-state index in [-0.39, 0.29) is 0 Å². The maximum absolute atomic E-state index is 2.39. The summed E-state index contributed by atoms with van der Waals surface area (Å²) < 4.78 is 0. The van der Waals surface area contributed by atoms with Crippen molar-refractivity contribution >= 4 is 5.69 Å². The number of benzene rings is 1. The third kappa shape index (κ3) is 6.60. The molecule has 0 amide bonds. The molecule has 0 unspecified atom stereocenters. The number of hydrogen-bond acceptors (Lipinski definition) is 1. The molecule has 0 saturated heterocycles. The van der Waals surface area contributed by atoms with Crippen molar-refractivity contribution in [3.05, 3.63) is 53.1 Å². The number of allylic oxidation sites excluding steroid dienone is 4. The highest BCUT2D eigenvalue weighted by Gasteiger charge is 1.96. The number of nitrogens with zero attached hydrogens (tertiary/aromatic N) is 1. The molecular weight excluding hydrogens is 242 g/mol. The fourth-order valence-electron chi connectivity index (χ4n) is 2.14. The van der Waals surface area contributed by atoms with Crippen LogP contribution in [0, 0.1) is 0 Å². The van der Waals surface area contributed by atoms with E-state index >= 15 is 0 Å². The molecule has 0 spiro atoms. The van der Waals surface area contributed by atoms with Crippen molar-refractivity contribution in [1.82, 2.24) is 0 Å². The Morgan fingerprint density at radius 1 is 0.950 bits per heavy atom. The second-order valence-corrected chi connectivity index (χ2v) is 5.97. The molecule has 0 aromatic heterocycles. The van der Waals surface area contributed by atoms with Gasteiger partial charge in [-0.05, 0) is 64.2 Å². The Balaban J connectivity index is 2.37. The minimum atomic E-state index is 1.13. The predicted octanol–water partition coefficient (Wildman–Crippen LogP) is 5.38. The molecule has 1 heteroatoms. The standard InChI is InChI=1S/C19H29N/c1-16(2)8-6-9-17(3)10-7-11-18-12-14-19(15-13-18)20(4)5/h8,10,12-15H,6-7,9,11H2,1-5H3/b17-10+. The fourth-order valence-corrected chi connectivity index (χ4v) is 2.14. The van der Waals surface area contributed by atoms with E-state index in [2.05, 4.69) is 76.2 Å². The van der Waals surface area contributed by atoms with Crippen molar-refractivity contribution in [3.8, 4) is 0 Å². The van der Waals surface area contributed by atoms with Crippen molar-refractivity contribution in [2.45, 2.75) is 46.5 Å². The quantitative estimate of drug-likeness (QED) is 0.602. The van der Waals surface area contributed by atoms with Gasteiger partial charge in [-0.1, -0.05) is 35.4 Å². The van der Waals surface area contributed by atoms with Crippen LogP contribution in [0.2, 0.25) is 0 Å². The maximum Gasteiger partial charge on any atom is 0.0361 e. The van der Waals surface area contributed by atoms with Crippen LogP contribution >= 0.6 is 0 Å². The summed E-state index contributed by atoms with van der Waals surface area (Å²) >= 11 is 0. The SMILES string of the molecule is CC(C)=CCC/C(C)=C/CCc1ccc(N(C)C)cc1. The van der Waals surface area contributed by atoms with E-state index in [4.69, 9.17) is 0 Å². The Kier molecular flexibility index (Phi) is 7.14. The lowest BCUT2D eigenvalue weighted by Gasteiger charge is -2.12. The Hall–Kier alpha value is -1.50. The number of aryl methyl sites for hydroxylation is 1. The van der Waals surface area contributed by atoms with Crippen LogP contribution in [0.4, 0.5) is 5.69 Å². The maximum atomic E-state index is 2.39. The molecule has 1 rings (SSSR count). The molecule has 20 heavy (non-hydrogen) atoms. The van der Waals surface area contributed by atoms with Crippen molar-refractivity contribution in [2.75, 3.05) is 19.0 Å². The fraction of sp³-hybridized carbons (Fsp3) is 0.474. The molecule has 0 aliphatic carbocycles. The van der Waals surface area contributed by atoms with Gasteiger partial charge >= 0.3 is 0 Å². The first-order valence-corrected chi connectivity index (χ1v) is 7.54. The number of rotatable bonds is 7. The average Bonchev–Trinajstić information content (AvgIpc) is 2.39. The molecule has 0 radical (unpaired) electrons. The highest BCUT2D eigenvalue weighted by Crippen LogP contribution is 2.14. The second-order valence-electron chi connectivity index (χ2n) is 5.97. The van der Waals surface area contributed by atoms with Gasteiger partial charge in [0.25, 0.3) is 0 Å². The number of anilines is 1. The molecule has 1 nitrogen and oxygen atoms in total. The third-order valence-electron chi connectivity index (χ3n) is 3.47. The molecule has 1 aromatic rings. The molecule has 0 N–H and O–H groups in total. The summed E-state index contributed by atoms with van der Waals surface area (Å²) in [5, 5.41) is 0. The van der Waals surface area contributed by atoms with Gasteiger partial charge in [0.05, 0.1) is 0 Å². The molecule has 0 aliphatic rings. The first kappa shape index (κ1) is 16.6. The van der Waals surface area contributed by atoms with Crippen LogP contribution in [0.25, 0.3) is 0 Å². The zero-order valence-corrected chi connectivity index (χ0v) is 13.7. The van der Waals surface area contributed by atoms with Gasteiger partial charge < -0.3 is 4.90 Å². The van der Waals surface area contributed by atoms with Gasteiger partial charge in [0.2, 0.25) is 0 Å². The Labute approximate surface area is 125 Å². The molecule has 0 bridgehead atoms. The summed E-state index contributed by atoms with van der Waals surface area (Å²) in [5.74, 6) is 0. The van der Waals surface area contributed by atoms with Gasteiger partial charge in [0, 0.05) is 19.8 Å². The van der Waals surface area contributed by atoms with Crippen molar-refractivity contribution in [2.24, 2.45) is 0 Å². The van der Waals surface area contributed by atoms with Crippen molar-refractivity contribution < 1.29 is 0 Å². The van der Waals surface area contributed by atoms with E-state index in [1.54, 1.807) is 0 Å². The van der Waals surface area contributed by atoms with Gasteiger partial charge in [-0.3, -0.25) is 0 Å². The molecule has 0 fully saturated rings. The van der Waals surface area contributed by atoms with Crippen LogP contribution in [-0.4, -0.2) is 14.1 Å². The summed E-state index contributed by atoms with van der Waals surface area (Å²) in [6.45, 7) is 6.57. The van der Waals surface area contributed by atoms with Crippen molar-refractivity contribution in [3.63, 3.8) is 0 Å². The second kappa shape index (κ2) is 8.63. The molecule has 0 atom stereocenters. The van der Waals surface area contributed by atoms with Crippen molar-refractivity contribution in [1.29, 1.82) is 0 Å². The molecule has 110 valence electrons. The van der Waals surface area contributed by atoms with Gasteiger partial charge in [-0.25, -0.2) is 0 Å². The molecule has 0 saturated carbocycles. The molecular formula is C19H29N. The van der Waals surface area contributed by atoms with Crippen LogP contribution < -0.4 is 4.90 Å². The van der Waals surface area contributed by atoms with Crippen LogP contribution in [-0.2, 0) is 6.42 Å². The first-order valence-electron chi connectivity index (χ1n) is 7.54. The van der Waals surface area contributed by atoms with E-state index in [0.717, 1.165) is 12.8 Å². The normalized spacial score (nSPS) is 11.3. The summed E-state index contributed by atoms with van der Waals surface area (Å²) in [6, 6.07) is 8.87. The first-order chi connectivity index (χ1) is 9.49. The van der Waals surface area contributed by atoms with Crippen LogP contribution in [0.15, 0.2) is 47.6 Å². The zero-order valence-electron chi connectivity index (χ0n) is 13.7. The lowest BCUT2D eigenvalue weighted by Crippen LogP contribution is -2.08. The monoisotopic (exact) mass is 271 g/mol. The lowest BCUT2D eigenvalue weighted by atomic mass is 10.1. The Bertz CT molecular complexity index is 445. The summed E-state index contributed by atoms with van der Waals surface area (Å²) in [7, 11) is 4.15. The smallest absolute Gasteiger partial charge is 0.0361 e. The average molecular weight is 271 g/mol. The summed E-state index contributed by atoms with van der Waals surface area (Å²) in [4.78, 5) is 2.14. The Morgan fingerprint density at radius 3 is 2.15 bits per heavy atom. The minimum absolute atomic E-state index is 1.13. The van der Waals surface area contributed by atoms with Gasteiger partial charge in [0.15, 0.2) is 0 Å². The predicted molar refractivity (Wildman–Crippen MR) is 91.5 cm³/mol. The van der Waals surface area contributed by atoms with E-state index in [1.165, 1.54) is 35.2 Å². The zero-order chi connectivity index (χ0) is 15.0. The van der Waals surface area contributed by atoms with Gasteiger partial charge in [0.1, 0.15) is 0 Å². The minimum Gasteiger partial charge on any atom is -0.378 e. The lowest BCUT2D eigenvalue weighted by molar-refractivity contribution is 0.925. The number of hydrogen-bond donors (Lipinski definition) is 0. The van der Waals surface area contributed by atoms with E-state index < -0.39 is 0 Å². The van der Waals surface area contributed by atoms with Gasteiger partial charge in [-0.15, -0.1) is 0 Å². The highest BCUT2D eigenvalue weighted by atomic mass is 15.1. The van der Waals surface area contributed by atoms with E-state index in [0.29, 0.717) is 0 Å². The largest absolute Gasteiger partial charge is 0.378 e. The summed E-state index contributed by atoms with van der Waals surface area (Å²) in [6.07, 6.45) is 9.33. The van der Waals surface area contributed by atoms with Crippen LogP contribution in [0.1, 0.15) is 45.6 Å². The van der Waals surface area contributed by atoms with Crippen LogP contribution in [0.5, 0.6) is 0 Å². The van der Waals surface area contributed by atoms with E-state index in [1.807, 2.05) is 0 Å².